The topological polar surface area (TPSA) is 84.2 Å². The lowest BCUT2D eigenvalue weighted by Crippen LogP contribution is -2.62. The van der Waals surface area contributed by atoms with Gasteiger partial charge in [0.1, 0.15) is 0 Å². The molecular weight excluding hydrogens is 246 g/mol. The standard InChI is InChI=1S/C14H27NO4/c1-15(2)7-3-4-10-5-6-13(18)8-11(16)12(17)9-14(10,13)19/h10-12,16-19H,3-9H2,1-2H3. The van der Waals surface area contributed by atoms with Crippen molar-refractivity contribution in [2.75, 3.05) is 20.6 Å². The summed E-state index contributed by atoms with van der Waals surface area (Å²) in [4.78, 5) is 2.10. The van der Waals surface area contributed by atoms with Crippen molar-refractivity contribution < 1.29 is 20.4 Å². The highest BCUT2D eigenvalue weighted by Gasteiger charge is 2.62. The smallest absolute Gasteiger partial charge is 0.0987 e. The van der Waals surface area contributed by atoms with Gasteiger partial charge in [-0.2, -0.15) is 0 Å². The third-order valence-electron chi connectivity index (χ3n) is 5.06. The van der Waals surface area contributed by atoms with E-state index in [-0.39, 0.29) is 18.8 Å². The van der Waals surface area contributed by atoms with Crippen molar-refractivity contribution in [2.45, 2.75) is 61.9 Å². The van der Waals surface area contributed by atoms with Crippen LogP contribution in [0.3, 0.4) is 0 Å². The molecule has 0 aromatic carbocycles. The molecule has 0 radical (unpaired) electrons. The van der Waals surface area contributed by atoms with Gasteiger partial charge in [0, 0.05) is 12.8 Å². The Bertz CT molecular complexity index is 325. The molecule has 0 spiro atoms. The van der Waals surface area contributed by atoms with Crippen molar-refractivity contribution in [1.29, 1.82) is 0 Å². The van der Waals surface area contributed by atoms with E-state index in [1.165, 1.54) is 0 Å². The van der Waals surface area contributed by atoms with Crippen LogP contribution in [-0.4, -0.2) is 69.4 Å². The Morgan fingerprint density at radius 1 is 1.11 bits per heavy atom. The van der Waals surface area contributed by atoms with Crippen LogP contribution in [-0.2, 0) is 0 Å². The molecule has 2 fully saturated rings. The summed E-state index contributed by atoms with van der Waals surface area (Å²) in [6, 6.07) is 0. The van der Waals surface area contributed by atoms with Crippen LogP contribution in [0.4, 0.5) is 0 Å². The van der Waals surface area contributed by atoms with Crippen molar-refractivity contribution in [3.63, 3.8) is 0 Å². The summed E-state index contributed by atoms with van der Waals surface area (Å²) >= 11 is 0. The fourth-order valence-electron chi connectivity index (χ4n) is 3.86. The fraction of sp³-hybridized carbons (Fsp3) is 1.00. The van der Waals surface area contributed by atoms with Crippen molar-refractivity contribution >= 4 is 0 Å². The van der Waals surface area contributed by atoms with Gasteiger partial charge in [0.15, 0.2) is 0 Å². The number of aliphatic hydroxyl groups excluding tert-OH is 2. The van der Waals surface area contributed by atoms with E-state index in [0.29, 0.717) is 6.42 Å². The third kappa shape index (κ3) is 2.67. The summed E-state index contributed by atoms with van der Waals surface area (Å²) in [5.74, 6) is 0.0135. The summed E-state index contributed by atoms with van der Waals surface area (Å²) in [7, 11) is 4.03. The van der Waals surface area contributed by atoms with Crippen LogP contribution in [0.15, 0.2) is 0 Å². The quantitative estimate of drug-likeness (QED) is 0.566. The number of hydrogen-bond donors (Lipinski definition) is 4. The molecule has 0 amide bonds. The summed E-state index contributed by atoms with van der Waals surface area (Å²) in [5, 5.41) is 41.0. The molecule has 5 heteroatoms. The Balaban J connectivity index is 2.04. The van der Waals surface area contributed by atoms with Gasteiger partial charge in [-0.05, 0) is 52.2 Å². The third-order valence-corrected chi connectivity index (χ3v) is 5.06. The van der Waals surface area contributed by atoms with Crippen LogP contribution in [0.5, 0.6) is 0 Å². The first-order valence-electron chi connectivity index (χ1n) is 7.24. The van der Waals surface area contributed by atoms with Crippen LogP contribution in [0.1, 0.15) is 38.5 Å². The molecule has 2 aliphatic carbocycles. The Morgan fingerprint density at radius 2 is 1.74 bits per heavy atom. The average molecular weight is 273 g/mol. The molecule has 112 valence electrons. The number of aliphatic hydroxyl groups is 4. The van der Waals surface area contributed by atoms with E-state index in [1.807, 2.05) is 14.1 Å². The van der Waals surface area contributed by atoms with Crippen LogP contribution in [0, 0.1) is 5.92 Å². The molecule has 0 heterocycles. The lowest BCUT2D eigenvalue weighted by Gasteiger charge is -2.48. The zero-order valence-electron chi connectivity index (χ0n) is 11.9. The van der Waals surface area contributed by atoms with Crippen LogP contribution in [0.25, 0.3) is 0 Å². The Morgan fingerprint density at radius 3 is 2.37 bits per heavy atom. The molecule has 0 saturated heterocycles. The summed E-state index contributed by atoms with van der Waals surface area (Å²) in [5.41, 5.74) is -2.47. The Kier molecular flexibility index (Phi) is 4.23. The number of hydrogen-bond acceptors (Lipinski definition) is 5. The molecule has 2 aliphatic rings. The monoisotopic (exact) mass is 273 g/mol. The lowest BCUT2D eigenvalue weighted by molar-refractivity contribution is -0.220. The minimum atomic E-state index is -1.24. The van der Waals surface area contributed by atoms with Gasteiger partial charge in [-0.3, -0.25) is 0 Å². The van der Waals surface area contributed by atoms with E-state index in [1.54, 1.807) is 0 Å². The molecule has 19 heavy (non-hydrogen) atoms. The highest BCUT2D eigenvalue weighted by molar-refractivity contribution is 5.14. The molecule has 0 aromatic heterocycles. The molecule has 0 aromatic rings. The van der Waals surface area contributed by atoms with E-state index in [2.05, 4.69) is 4.90 Å². The second kappa shape index (κ2) is 5.30. The summed E-state index contributed by atoms with van der Waals surface area (Å²) < 4.78 is 0. The maximum atomic E-state index is 10.8. The predicted octanol–water partition coefficient (Wildman–Crippen LogP) is -0.284. The second-order valence-corrected chi connectivity index (χ2v) is 6.68. The maximum Gasteiger partial charge on any atom is 0.0987 e. The van der Waals surface area contributed by atoms with Crippen LogP contribution < -0.4 is 0 Å². The predicted molar refractivity (Wildman–Crippen MR) is 71.7 cm³/mol. The van der Waals surface area contributed by atoms with Gasteiger partial charge in [-0.1, -0.05) is 0 Å². The van der Waals surface area contributed by atoms with Crippen LogP contribution >= 0.6 is 0 Å². The van der Waals surface area contributed by atoms with E-state index < -0.39 is 23.4 Å². The van der Waals surface area contributed by atoms with Crippen molar-refractivity contribution in [3.05, 3.63) is 0 Å². The SMILES string of the molecule is CN(C)CCCC1CCC2(O)CC(O)C(O)CC12O. The zero-order chi connectivity index (χ0) is 14.3. The fourth-order valence-corrected chi connectivity index (χ4v) is 3.86. The molecule has 5 atom stereocenters. The van der Waals surface area contributed by atoms with Gasteiger partial charge < -0.3 is 25.3 Å². The van der Waals surface area contributed by atoms with Gasteiger partial charge in [0.25, 0.3) is 0 Å². The normalized spacial score (nSPS) is 46.6. The summed E-state index contributed by atoms with van der Waals surface area (Å²) in [6.45, 7) is 0.955. The molecule has 2 saturated carbocycles. The van der Waals surface area contributed by atoms with Gasteiger partial charge in [-0.15, -0.1) is 0 Å². The minimum absolute atomic E-state index is 0.0135. The Labute approximate surface area is 114 Å². The molecule has 2 rings (SSSR count). The molecule has 4 N–H and O–H groups in total. The van der Waals surface area contributed by atoms with Gasteiger partial charge >= 0.3 is 0 Å². The van der Waals surface area contributed by atoms with Crippen molar-refractivity contribution in [1.82, 2.24) is 4.90 Å². The highest BCUT2D eigenvalue weighted by Crippen LogP contribution is 2.53. The zero-order valence-corrected chi connectivity index (χ0v) is 11.9. The lowest BCUT2D eigenvalue weighted by atomic mass is 9.67. The molecule has 0 bridgehead atoms. The van der Waals surface area contributed by atoms with E-state index in [9.17, 15) is 20.4 Å². The summed E-state index contributed by atoms with van der Waals surface area (Å²) in [6.07, 6.45) is 1.39. The first-order valence-corrected chi connectivity index (χ1v) is 7.24. The molecule has 0 aliphatic heterocycles. The van der Waals surface area contributed by atoms with E-state index in [0.717, 1.165) is 25.8 Å². The maximum absolute atomic E-state index is 10.8. The van der Waals surface area contributed by atoms with Gasteiger partial charge in [0.05, 0.1) is 23.4 Å². The van der Waals surface area contributed by atoms with Gasteiger partial charge in [-0.25, -0.2) is 0 Å². The Hall–Kier alpha value is -0.200. The second-order valence-electron chi connectivity index (χ2n) is 6.68. The molecule has 5 nitrogen and oxygen atoms in total. The van der Waals surface area contributed by atoms with Crippen LogP contribution in [0.2, 0.25) is 0 Å². The molecular formula is C14H27NO4. The number of rotatable bonds is 4. The van der Waals surface area contributed by atoms with Crippen molar-refractivity contribution in [3.8, 4) is 0 Å². The average Bonchev–Trinajstić information content (AvgIpc) is 2.53. The van der Waals surface area contributed by atoms with E-state index in [4.69, 9.17) is 0 Å². The van der Waals surface area contributed by atoms with Crippen molar-refractivity contribution in [2.24, 2.45) is 5.92 Å². The largest absolute Gasteiger partial charge is 0.390 e. The first kappa shape index (κ1) is 15.2. The minimum Gasteiger partial charge on any atom is -0.390 e. The highest BCUT2D eigenvalue weighted by atomic mass is 16.4. The number of fused-ring (bicyclic) bond motifs is 1. The van der Waals surface area contributed by atoms with Gasteiger partial charge in [0.2, 0.25) is 0 Å². The number of nitrogens with zero attached hydrogens (tertiary/aromatic N) is 1. The van der Waals surface area contributed by atoms with E-state index >= 15 is 0 Å². The molecule has 5 unspecified atom stereocenters. The first-order chi connectivity index (χ1) is 8.78.